The summed E-state index contributed by atoms with van der Waals surface area (Å²) in [7, 11) is 0. The van der Waals surface area contributed by atoms with Crippen molar-refractivity contribution in [1.82, 2.24) is 10.3 Å². The van der Waals surface area contributed by atoms with Gasteiger partial charge in [-0.3, -0.25) is 0 Å². The Bertz CT molecular complexity index is 973. The molecule has 0 N–H and O–H groups in total. The molecular weight excluding hydrogens is 314 g/mol. The van der Waals surface area contributed by atoms with Gasteiger partial charge in [-0.15, -0.1) is 0 Å². The Hall–Kier alpha value is -3.28. The molecule has 118 valence electrons. The summed E-state index contributed by atoms with van der Waals surface area (Å²) in [5, 5.41) is 7.95. The van der Waals surface area contributed by atoms with Gasteiger partial charge in [0.2, 0.25) is 0 Å². The minimum Gasteiger partial charge on any atom is -0.363 e. The molecule has 24 heavy (non-hydrogen) atoms. The molecule has 4 aromatic rings. The van der Waals surface area contributed by atoms with Crippen molar-refractivity contribution < 1.29 is 17.8 Å². The Labute approximate surface area is 135 Å². The van der Waals surface area contributed by atoms with E-state index in [9.17, 15) is 8.78 Å². The van der Waals surface area contributed by atoms with Crippen molar-refractivity contribution in [3.05, 3.63) is 72.5 Å². The van der Waals surface area contributed by atoms with Gasteiger partial charge in [0.15, 0.2) is 5.76 Å². The zero-order chi connectivity index (χ0) is 16.5. The molecule has 0 radical (unpaired) electrons. The fraction of sp³-hybridized carbons (Fsp3) is 0. The van der Waals surface area contributed by atoms with E-state index in [1.807, 2.05) is 0 Å². The van der Waals surface area contributed by atoms with Gasteiger partial charge in [-0.25, -0.2) is 8.78 Å². The zero-order valence-electron chi connectivity index (χ0n) is 12.2. The minimum absolute atomic E-state index is 0.322. The molecule has 0 spiro atoms. The van der Waals surface area contributed by atoms with Gasteiger partial charge in [0, 0.05) is 11.6 Å². The first-order valence-corrected chi connectivity index (χ1v) is 7.14. The van der Waals surface area contributed by atoms with Gasteiger partial charge < -0.3 is 9.05 Å². The van der Waals surface area contributed by atoms with E-state index < -0.39 is 0 Å². The molecular formula is C18H10F2N2O2. The highest BCUT2D eigenvalue weighted by molar-refractivity contribution is 5.79. The number of hydrogen-bond donors (Lipinski definition) is 0. The van der Waals surface area contributed by atoms with E-state index >= 15 is 0 Å². The number of nitrogens with zero attached hydrogens (tertiary/aromatic N) is 2. The van der Waals surface area contributed by atoms with Crippen LogP contribution in [0.25, 0.3) is 33.8 Å². The van der Waals surface area contributed by atoms with Crippen molar-refractivity contribution in [2.75, 3.05) is 0 Å². The molecule has 2 aromatic carbocycles. The van der Waals surface area contributed by atoms with E-state index in [1.165, 1.54) is 30.5 Å². The van der Waals surface area contributed by atoms with Gasteiger partial charge in [-0.1, -0.05) is 22.4 Å². The molecule has 0 saturated carbocycles. The number of hydrogen-bond acceptors (Lipinski definition) is 4. The number of halogens is 2. The van der Waals surface area contributed by atoms with Crippen molar-refractivity contribution in [3.63, 3.8) is 0 Å². The van der Waals surface area contributed by atoms with Crippen molar-refractivity contribution in [1.29, 1.82) is 0 Å². The number of aromatic nitrogens is 2. The van der Waals surface area contributed by atoms with Crippen LogP contribution in [0.15, 0.2) is 69.9 Å². The molecule has 0 atom stereocenters. The highest BCUT2D eigenvalue weighted by Crippen LogP contribution is 2.32. The molecule has 0 amide bonds. The monoisotopic (exact) mass is 324 g/mol. The molecule has 4 rings (SSSR count). The summed E-state index contributed by atoms with van der Waals surface area (Å²) < 4.78 is 36.4. The Morgan fingerprint density at radius 2 is 1.38 bits per heavy atom. The predicted octanol–water partition coefficient (Wildman–Crippen LogP) is 4.94. The first kappa shape index (κ1) is 14.3. The number of benzene rings is 2. The summed E-state index contributed by atoms with van der Waals surface area (Å²) in [4.78, 5) is 0. The molecule has 2 heterocycles. The lowest BCUT2D eigenvalue weighted by Crippen LogP contribution is -1.83. The molecule has 0 aliphatic carbocycles. The number of rotatable bonds is 3. The van der Waals surface area contributed by atoms with Gasteiger partial charge in [-0.05, 0) is 42.0 Å². The molecule has 2 aromatic heterocycles. The third-order valence-electron chi connectivity index (χ3n) is 3.61. The standard InChI is InChI=1S/C18H10F2N2O2/c19-13-5-1-11(2-6-13)15-10-23-22-18(15)16-9-17(24-21-16)12-3-7-14(20)8-4-12/h1-10H. The van der Waals surface area contributed by atoms with Crippen LogP contribution in [0.5, 0.6) is 0 Å². The second kappa shape index (κ2) is 5.73. The Kier molecular flexibility index (Phi) is 3.42. The normalized spacial score (nSPS) is 10.9. The third kappa shape index (κ3) is 2.58. The first-order chi connectivity index (χ1) is 11.7. The molecule has 0 unspecified atom stereocenters. The Morgan fingerprint density at radius 1 is 0.750 bits per heavy atom. The zero-order valence-corrected chi connectivity index (χ0v) is 12.2. The van der Waals surface area contributed by atoms with Gasteiger partial charge in [0.05, 0.1) is 5.56 Å². The van der Waals surface area contributed by atoms with E-state index in [2.05, 4.69) is 10.3 Å². The van der Waals surface area contributed by atoms with E-state index in [-0.39, 0.29) is 11.6 Å². The third-order valence-corrected chi connectivity index (χ3v) is 3.61. The van der Waals surface area contributed by atoms with Crippen molar-refractivity contribution in [2.24, 2.45) is 0 Å². The molecule has 0 aliphatic rings. The lowest BCUT2D eigenvalue weighted by Gasteiger charge is -1.98. The SMILES string of the molecule is Fc1ccc(-c2cc(-c3nocc3-c3ccc(F)cc3)no2)cc1. The maximum Gasteiger partial charge on any atom is 0.167 e. The summed E-state index contributed by atoms with van der Waals surface area (Å²) in [5.74, 6) is -0.163. The maximum atomic E-state index is 13.1. The van der Waals surface area contributed by atoms with Crippen LogP contribution in [-0.4, -0.2) is 10.3 Å². The van der Waals surface area contributed by atoms with Crippen LogP contribution < -0.4 is 0 Å². The minimum atomic E-state index is -0.325. The van der Waals surface area contributed by atoms with Crippen LogP contribution >= 0.6 is 0 Å². The van der Waals surface area contributed by atoms with Crippen molar-refractivity contribution in [3.8, 4) is 33.8 Å². The summed E-state index contributed by atoms with van der Waals surface area (Å²) in [5.41, 5.74) is 3.08. The molecule has 6 heteroatoms. The maximum absolute atomic E-state index is 13.1. The predicted molar refractivity (Wildman–Crippen MR) is 82.8 cm³/mol. The van der Waals surface area contributed by atoms with Crippen LogP contribution in [0, 0.1) is 11.6 Å². The van der Waals surface area contributed by atoms with Crippen molar-refractivity contribution >= 4 is 0 Å². The topological polar surface area (TPSA) is 52.1 Å². The smallest absolute Gasteiger partial charge is 0.167 e. The summed E-state index contributed by atoms with van der Waals surface area (Å²) in [6.07, 6.45) is 1.47. The van der Waals surface area contributed by atoms with E-state index in [1.54, 1.807) is 30.3 Å². The fourth-order valence-corrected chi connectivity index (χ4v) is 2.39. The molecule has 0 aliphatic heterocycles. The van der Waals surface area contributed by atoms with Crippen LogP contribution in [0.4, 0.5) is 8.78 Å². The van der Waals surface area contributed by atoms with Gasteiger partial charge >= 0.3 is 0 Å². The average molecular weight is 324 g/mol. The average Bonchev–Trinajstić information content (AvgIpc) is 3.25. The Morgan fingerprint density at radius 3 is 2.04 bits per heavy atom. The van der Waals surface area contributed by atoms with Gasteiger partial charge in [0.25, 0.3) is 0 Å². The van der Waals surface area contributed by atoms with Gasteiger partial charge in [-0.2, -0.15) is 0 Å². The highest BCUT2D eigenvalue weighted by atomic mass is 19.1. The van der Waals surface area contributed by atoms with E-state index in [0.717, 1.165) is 5.56 Å². The molecule has 4 nitrogen and oxygen atoms in total. The lowest BCUT2D eigenvalue weighted by molar-refractivity contribution is 0.417. The second-order valence-electron chi connectivity index (χ2n) is 5.17. The molecule has 0 bridgehead atoms. The fourth-order valence-electron chi connectivity index (χ4n) is 2.39. The highest BCUT2D eigenvalue weighted by Gasteiger charge is 2.17. The molecule has 0 saturated heterocycles. The summed E-state index contributed by atoms with van der Waals surface area (Å²) in [6, 6.07) is 13.6. The molecule has 0 fully saturated rings. The van der Waals surface area contributed by atoms with Crippen LogP contribution in [0.2, 0.25) is 0 Å². The summed E-state index contributed by atoms with van der Waals surface area (Å²) >= 11 is 0. The summed E-state index contributed by atoms with van der Waals surface area (Å²) in [6.45, 7) is 0. The van der Waals surface area contributed by atoms with Crippen LogP contribution in [0.1, 0.15) is 0 Å². The Balaban J connectivity index is 1.72. The van der Waals surface area contributed by atoms with Crippen LogP contribution in [-0.2, 0) is 0 Å². The van der Waals surface area contributed by atoms with Crippen molar-refractivity contribution in [2.45, 2.75) is 0 Å². The van der Waals surface area contributed by atoms with Crippen LogP contribution in [0.3, 0.4) is 0 Å². The van der Waals surface area contributed by atoms with E-state index in [0.29, 0.717) is 28.3 Å². The van der Waals surface area contributed by atoms with Gasteiger partial charge in [0.1, 0.15) is 29.3 Å². The van der Waals surface area contributed by atoms with E-state index in [4.69, 9.17) is 9.05 Å². The largest absolute Gasteiger partial charge is 0.363 e. The lowest BCUT2D eigenvalue weighted by atomic mass is 10.0. The first-order valence-electron chi connectivity index (χ1n) is 7.14. The second-order valence-corrected chi connectivity index (χ2v) is 5.17. The quantitative estimate of drug-likeness (QED) is 0.535.